The van der Waals surface area contributed by atoms with Gasteiger partial charge in [-0.25, -0.2) is 0 Å². The van der Waals surface area contributed by atoms with Gasteiger partial charge in [0.1, 0.15) is 0 Å². The molecular formula is C25H21AsBF4NO2. The normalized spacial score (nSPS) is 11.3. The molecule has 0 aromatic heterocycles. The third-order valence-corrected chi connectivity index (χ3v) is 14.3. The molecule has 0 saturated heterocycles. The number of hydrogen-bond donors (Lipinski definition) is 0. The molecule has 0 aliphatic carbocycles. The van der Waals surface area contributed by atoms with Gasteiger partial charge in [-0.15, -0.1) is 0 Å². The number of nitro benzene ring substituents is 1. The fourth-order valence-electron chi connectivity index (χ4n) is 3.77. The Kier molecular flexibility index (Phi) is 8.29. The molecule has 0 radical (unpaired) electrons. The van der Waals surface area contributed by atoms with Crippen molar-refractivity contribution in [2.75, 3.05) is 0 Å². The molecule has 34 heavy (non-hydrogen) atoms. The van der Waals surface area contributed by atoms with Crippen molar-refractivity contribution in [1.82, 2.24) is 0 Å². The summed E-state index contributed by atoms with van der Waals surface area (Å²) in [6.45, 7) is 0. The molecule has 0 saturated carbocycles. The summed E-state index contributed by atoms with van der Waals surface area (Å²) in [5.41, 5.74) is 1.25. The van der Waals surface area contributed by atoms with Crippen LogP contribution < -0.4 is 13.1 Å². The summed E-state index contributed by atoms with van der Waals surface area (Å²) < 4.78 is 43.1. The Morgan fingerprint density at radius 1 is 0.618 bits per heavy atom. The van der Waals surface area contributed by atoms with Crippen LogP contribution in [0.2, 0.25) is 0 Å². The Hall–Kier alpha value is -3.38. The van der Waals surface area contributed by atoms with E-state index in [4.69, 9.17) is 0 Å². The van der Waals surface area contributed by atoms with Crippen molar-refractivity contribution in [1.29, 1.82) is 0 Å². The van der Waals surface area contributed by atoms with E-state index in [0.717, 1.165) is 10.8 Å². The van der Waals surface area contributed by atoms with Crippen LogP contribution in [0.1, 0.15) is 5.56 Å². The summed E-state index contributed by atoms with van der Waals surface area (Å²) in [4.78, 5) is 10.7. The first-order chi connectivity index (χ1) is 16.2. The summed E-state index contributed by atoms with van der Waals surface area (Å²) in [5.74, 6) is 0. The number of benzene rings is 4. The number of rotatable bonds is 6. The van der Waals surface area contributed by atoms with Gasteiger partial charge in [0, 0.05) is 0 Å². The first kappa shape index (κ1) is 25.3. The van der Waals surface area contributed by atoms with Crippen LogP contribution in [0.3, 0.4) is 0 Å². The molecule has 3 nitrogen and oxygen atoms in total. The number of halogens is 4. The molecule has 0 N–H and O–H groups in total. The van der Waals surface area contributed by atoms with Gasteiger partial charge in [-0.2, -0.15) is 0 Å². The van der Waals surface area contributed by atoms with Crippen LogP contribution in [0.25, 0.3) is 0 Å². The molecule has 9 heteroatoms. The third-order valence-electron chi connectivity index (χ3n) is 5.16. The fourth-order valence-corrected chi connectivity index (χ4v) is 12.7. The molecule has 0 aliphatic heterocycles. The van der Waals surface area contributed by atoms with Crippen LogP contribution in [0.15, 0.2) is 115 Å². The van der Waals surface area contributed by atoms with Crippen molar-refractivity contribution in [3.63, 3.8) is 0 Å². The van der Waals surface area contributed by atoms with Gasteiger partial charge in [-0.1, -0.05) is 0 Å². The molecular weight excluding hydrogens is 508 g/mol. The molecule has 0 fully saturated rings. The van der Waals surface area contributed by atoms with E-state index >= 15 is 0 Å². The second-order valence-electron chi connectivity index (χ2n) is 7.39. The average molecular weight is 529 g/mol. The molecule has 0 amide bonds. The van der Waals surface area contributed by atoms with E-state index in [1.165, 1.54) is 13.1 Å². The minimum absolute atomic E-state index is 0.129. The zero-order valence-corrected chi connectivity index (χ0v) is 19.9. The molecule has 0 heterocycles. The van der Waals surface area contributed by atoms with Gasteiger partial charge in [0.25, 0.3) is 0 Å². The predicted octanol–water partition coefficient (Wildman–Crippen LogP) is 5.15. The number of nitrogens with zero attached hydrogens (tertiary/aromatic N) is 1. The van der Waals surface area contributed by atoms with Crippen LogP contribution in [0.4, 0.5) is 23.0 Å². The predicted molar refractivity (Wildman–Crippen MR) is 131 cm³/mol. The minimum atomic E-state index is -6.00. The molecule has 4 aromatic rings. The Morgan fingerprint density at radius 3 is 1.24 bits per heavy atom. The van der Waals surface area contributed by atoms with Crippen LogP contribution >= 0.6 is 0 Å². The van der Waals surface area contributed by atoms with Crippen LogP contribution in [-0.4, -0.2) is 25.7 Å². The number of non-ortho nitro benzene ring substituents is 1. The van der Waals surface area contributed by atoms with Gasteiger partial charge in [0.15, 0.2) is 0 Å². The van der Waals surface area contributed by atoms with E-state index < -0.39 is 20.8 Å². The van der Waals surface area contributed by atoms with Crippen molar-refractivity contribution >= 4 is 39.5 Å². The molecule has 4 rings (SSSR count). The van der Waals surface area contributed by atoms with E-state index in [0.29, 0.717) is 0 Å². The molecule has 0 atom stereocenters. The molecule has 0 unspecified atom stereocenters. The van der Waals surface area contributed by atoms with E-state index in [-0.39, 0.29) is 10.6 Å². The second-order valence-corrected chi connectivity index (χ2v) is 14.7. The maximum absolute atomic E-state index is 11.1. The average Bonchev–Trinajstić information content (AvgIpc) is 2.83. The summed E-state index contributed by atoms with van der Waals surface area (Å²) >= 11 is -2.85. The summed E-state index contributed by atoms with van der Waals surface area (Å²) in [6.07, 6.45) is 0. The van der Waals surface area contributed by atoms with Gasteiger partial charge in [-0.05, 0) is 0 Å². The van der Waals surface area contributed by atoms with E-state index in [1.807, 2.05) is 12.1 Å². The summed E-state index contributed by atoms with van der Waals surface area (Å²) in [6, 6.07) is 39.2. The fraction of sp³-hybridized carbons (Fsp3) is 0.0400. The van der Waals surface area contributed by atoms with E-state index in [1.54, 1.807) is 12.1 Å². The molecule has 0 aliphatic rings. The number of nitro groups is 1. The standard InChI is InChI=1S/C25H21AsNO2.BF4/c28-27(29)25-18-16-21(17-19-25)20-26(22-10-4-1-5-11-22,23-12-6-2-7-13-23)24-14-8-3-9-15-24;2-1(3,4)5/h1-19H,20H2;/q+1;-1. The summed E-state index contributed by atoms with van der Waals surface area (Å²) in [7, 11) is -6.00. The Morgan fingerprint density at radius 2 is 0.941 bits per heavy atom. The zero-order chi connectivity index (χ0) is 24.6. The van der Waals surface area contributed by atoms with Gasteiger partial charge in [0.05, 0.1) is 0 Å². The molecule has 0 bridgehead atoms. The Balaban J connectivity index is 0.000000588. The molecule has 4 aromatic carbocycles. The SMILES string of the molecule is F[B-](F)(F)F.O=[N+]([O-])c1ccc(C[As+](c2ccccc2)(c2ccccc2)c2ccccc2)cc1. The topological polar surface area (TPSA) is 43.1 Å². The zero-order valence-electron chi connectivity index (χ0n) is 18.0. The van der Waals surface area contributed by atoms with Crippen molar-refractivity contribution in [2.45, 2.75) is 5.21 Å². The van der Waals surface area contributed by atoms with Gasteiger partial charge < -0.3 is 17.3 Å². The van der Waals surface area contributed by atoms with Crippen LogP contribution in [0, 0.1) is 10.1 Å². The quantitative estimate of drug-likeness (QED) is 0.150. The molecule has 174 valence electrons. The van der Waals surface area contributed by atoms with Gasteiger partial charge in [0.2, 0.25) is 0 Å². The van der Waals surface area contributed by atoms with E-state index in [2.05, 4.69) is 91.0 Å². The van der Waals surface area contributed by atoms with E-state index in [9.17, 15) is 27.4 Å². The van der Waals surface area contributed by atoms with Gasteiger partial charge >= 0.3 is 181 Å². The van der Waals surface area contributed by atoms with Crippen molar-refractivity contribution in [2.24, 2.45) is 0 Å². The van der Waals surface area contributed by atoms with Gasteiger partial charge in [-0.3, -0.25) is 0 Å². The summed E-state index contributed by atoms with van der Waals surface area (Å²) in [5, 5.41) is 11.9. The first-order valence-electron chi connectivity index (χ1n) is 10.4. The maximum atomic E-state index is 11.1. The monoisotopic (exact) mass is 529 g/mol. The molecule has 0 spiro atoms. The van der Waals surface area contributed by atoms with Crippen molar-refractivity contribution < 1.29 is 22.2 Å². The van der Waals surface area contributed by atoms with Crippen molar-refractivity contribution in [3.05, 3.63) is 131 Å². The van der Waals surface area contributed by atoms with Crippen LogP contribution in [-0.2, 0) is 5.21 Å². The first-order valence-corrected chi connectivity index (χ1v) is 14.5. The second kappa shape index (κ2) is 11.2. The Bertz CT molecular complexity index is 1090. The van der Waals surface area contributed by atoms with Crippen molar-refractivity contribution in [3.8, 4) is 0 Å². The third kappa shape index (κ3) is 6.58. The Labute approximate surface area is 197 Å². The number of hydrogen-bond acceptors (Lipinski definition) is 2. The van der Waals surface area contributed by atoms with Crippen LogP contribution in [0.5, 0.6) is 0 Å².